The van der Waals surface area contributed by atoms with Gasteiger partial charge >= 0.3 is 0 Å². The summed E-state index contributed by atoms with van der Waals surface area (Å²) in [4.78, 5) is 1.94. The van der Waals surface area contributed by atoms with Crippen LogP contribution in [0.15, 0.2) is 24.3 Å². The maximum absolute atomic E-state index is 13.4. The monoisotopic (exact) mass is 222 g/mol. The smallest absolute Gasteiger partial charge is 0.126 e. The molecule has 0 saturated carbocycles. The fraction of sp³-hybridized carbons (Fsp3) is 0.417. The zero-order valence-electron chi connectivity index (χ0n) is 9.08. The molecule has 1 N–H and O–H groups in total. The highest BCUT2D eigenvalue weighted by Crippen LogP contribution is 2.09. The molecule has 0 amide bonds. The number of hydrogen-bond acceptors (Lipinski definition) is 2. The standard InChI is InChI=1S/C12H15FN2O/c13-11-4-2-1-3-10(11)9-12(14)15-5-7-16-8-6-15/h1-4,14H,5-9H2. The molecule has 1 fully saturated rings. The summed E-state index contributed by atoms with van der Waals surface area (Å²) in [6, 6.07) is 6.62. The second kappa shape index (κ2) is 5.07. The molecule has 86 valence electrons. The normalized spacial score (nSPS) is 16.2. The summed E-state index contributed by atoms with van der Waals surface area (Å²) in [7, 11) is 0. The predicted octanol–water partition coefficient (Wildman–Crippen LogP) is 1.68. The van der Waals surface area contributed by atoms with Crippen LogP contribution in [0.1, 0.15) is 5.56 Å². The first-order chi connectivity index (χ1) is 7.77. The summed E-state index contributed by atoms with van der Waals surface area (Å²) >= 11 is 0. The molecule has 0 unspecified atom stereocenters. The van der Waals surface area contributed by atoms with Crippen molar-refractivity contribution in [2.75, 3.05) is 26.3 Å². The Morgan fingerprint density at radius 3 is 2.69 bits per heavy atom. The van der Waals surface area contributed by atoms with Gasteiger partial charge in [-0.05, 0) is 11.6 Å². The van der Waals surface area contributed by atoms with Crippen molar-refractivity contribution in [1.82, 2.24) is 4.90 Å². The van der Waals surface area contributed by atoms with Gasteiger partial charge in [0.15, 0.2) is 0 Å². The Bertz CT molecular complexity index is 375. The zero-order valence-corrected chi connectivity index (χ0v) is 9.08. The molecule has 0 bridgehead atoms. The van der Waals surface area contributed by atoms with Crippen LogP contribution in [0.5, 0.6) is 0 Å². The number of ether oxygens (including phenoxy) is 1. The van der Waals surface area contributed by atoms with Gasteiger partial charge in [-0.1, -0.05) is 18.2 Å². The van der Waals surface area contributed by atoms with Crippen molar-refractivity contribution >= 4 is 5.84 Å². The molecule has 0 aliphatic carbocycles. The van der Waals surface area contributed by atoms with Gasteiger partial charge in [-0.25, -0.2) is 4.39 Å². The Labute approximate surface area is 94.3 Å². The second-order valence-electron chi connectivity index (χ2n) is 3.81. The molecule has 1 aliphatic rings. The number of rotatable bonds is 2. The van der Waals surface area contributed by atoms with Crippen molar-refractivity contribution in [3.63, 3.8) is 0 Å². The average Bonchev–Trinajstić information content (AvgIpc) is 2.33. The first-order valence-electron chi connectivity index (χ1n) is 5.41. The number of benzene rings is 1. The summed E-state index contributed by atoms with van der Waals surface area (Å²) in [5, 5.41) is 7.92. The maximum Gasteiger partial charge on any atom is 0.126 e. The second-order valence-corrected chi connectivity index (χ2v) is 3.81. The van der Waals surface area contributed by atoms with Crippen LogP contribution in [0.2, 0.25) is 0 Å². The Hall–Kier alpha value is -1.42. The van der Waals surface area contributed by atoms with Gasteiger partial charge in [0.1, 0.15) is 11.7 Å². The van der Waals surface area contributed by atoms with Crippen LogP contribution in [0, 0.1) is 11.2 Å². The van der Waals surface area contributed by atoms with E-state index in [4.69, 9.17) is 10.1 Å². The minimum absolute atomic E-state index is 0.236. The van der Waals surface area contributed by atoms with Crippen molar-refractivity contribution in [3.05, 3.63) is 35.6 Å². The fourth-order valence-electron chi connectivity index (χ4n) is 1.77. The Morgan fingerprint density at radius 2 is 2.00 bits per heavy atom. The lowest BCUT2D eigenvalue weighted by Gasteiger charge is -2.29. The third-order valence-corrected chi connectivity index (χ3v) is 2.71. The molecular formula is C12H15FN2O. The van der Waals surface area contributed by atoms with Crippen LogP contribution in [0.3, 0.4) is 0 Å². The van der Waals surface area contributed by atoms with Gasteiger partial charge < -0.3 is 9.64 Å². The molecule has 0 radical (unpaired) electrons. The van der Waals surface area contributed by atoms with Crippen molar-refractivity contribution in [2.24, 2.45) is 0 Å². The van der Waals surface area contributed by atoms with Gasteiger partial charge in [-0.3, -0.25) is 5.41 Å². The van der Waals surface area contributed by atoms with E-state index >= 15 is 0 Å². The first kappa shape index (κ1) is 11.1. The third-order valence-electron chi connectivity index (χ3n) is 2.71. The zero-order chi connectivity index (χ0) is 11.4. The van der Waals surface area contributed by atoms with E-state index in [1.165, 1.54) is 6.07 Å². The lowest BCUT2D eigenvalue weighted by Crippen LogP contribution is -2.41. The number of nitrogens with zero attached hydrogens (tertiary/aromatic N) is 1. The van der Waals surface area contributed by atoms with Gasteiger partial charge in [0, 0.05) is 19.5 Å². The van der Waals surface area contributed by atoms with Crippen LogP contribution in [0.4, 0.5) is 4.39 Å². The van der Waals surface area contributed by atoms with Crippen molar-refractivity contribution in [1.29, 1.82) is 5.41 Å². The summed E-state index contributed by atoms with van der Waals surface area (Å²) in [6.07, 6.45) is 0.354. The van der Waals surface area contributed by atoms with Gasteiger partial charge in [0.05, 0.1) is 13.2 Å². The van der Waals surface area contributed by atoms with Crippen molar-refractivity contribution in [2.45, 2.75) is 6.42 Å². The molecular weight excluding hydrogens is 207 g/mol. The quantitative estimate of drug-likeness (QED) is 0.610. The van der Waals surface area contributed by atoms with E-state index in [0.717, 1.165) is 13.1 Å². The predicted molar refractivity (Wildman–Crippen MR) is 60.2 cm³/mol. The highest BCUT2D eigenvalue weighted by molar-refractivity contribution is 5.81. The highest BCUT2D eigenvalue weighted by Gasteiger charge is 2.15. The van der Waals surface area contributed by atoms with Gasteiger partial charge in [-0.15, -0.1) is 0 Å². The molecule has 1 heterocycles. The fourth-order valence-corrected chi connectivity index (χ4v) is 1.77. The number of hydrogen-bond donors (Lipinski definition) is 1. The van der Waals surface area contributed by atoms with Gasteiger partial charge in [0.25, 0.3) is 0 Å². The molecule has 3 nitrogen and oxygen atoms in total. The van der Waals surface area contributed by atoms with E-state index in [1.54, 1.807) is 18.2 Å². The molecule has 0 aromatic heterocycles. The molecule has 0 atom stereocenters. The minimum Gasteiger partial charge on any atom is -0.378 e. The Morgan fingerprint density at radius 1 is 1.31 bits per heavy atom. The summed E-state index contributed by atoms with van der Waals surface area (Å²) in [6.45, 7) is 2.76. The summed E-state index contributed by atoms with van der Waals surface area (Å²) in [5.74, 6) is 0.230. The van der Waals surface area contributed by atoms with Crippen molar-refractivity contribution < 1.29 is 9.13 Å². The van der Waals surface area contributed by atoms with Crippen LogP contribution in [-0.4, -0.2) is 37.0 Å². The van der Waals surface area contributed by atoms with E-state index in [-0.39, 0.29) is 5.82 Å². The van der Waals surface area contributed by atoms with Gasteiger partial charge in [-0.2, -0.15) is 0 Å². The van der Waals surface area contributed by atoms with Crippen LogP contribution < -0.4 is 0 Å². The highest BCUT2D eigenvalue weighted by atomic mass is 19.1. The Balaban J connectivity index is 1.99. The van der Waals surface area contributed by atoms with E-state index in [2.05, 4.69) is 0 Å². The topological polar surface area (TPSA) is 36.3 Å². The third kappa shape index (κ3) is 2.58. The first-order valence-corrected chi connectivity index (χ1v) is 5.41. The lowest BCUT2D eigenvalue weighted by molar-refractivity contribution is 0.0670. The lowest BCUT2D eigenvalue weighted by atomic mass is 10.1. The summed E-state index contributed by atoms with van der Waals surface area (Å²) in [5.41, 5.74) is 0.582. The SMILES string of the molecule is N=C(Cc1ccccc1F)N1CCOCC1. The molecule has 2 rings (SSSR count). The molecule has 1 aromatic carbocycles. The van der Waals surface area contributed by atoms with E-state index in [1.807, 2.05) is 4.90 Å². The van der Waals surface area contributed by atoms with Crippen LogP contribution in [0.25, 0.3) is 0 Å². The minimum atomic E-state index is -0.236. The van der Waals surface area contributed by atoms with E-state index < -0.39 is 0 Å². The number of halogens is 1. The number of amidine groups is 1. The van der Waals surface area contributed by atoms with Gasteiger partial charge in [0.2, 0.25) is 0 Å². The van der Waals surface area contributed by atoms with E-state index in [9.17, 15) is 4.39 Å². The van der Waals surface area contributed by atoms with Crippen LogP contribution in [-0.2, 0) is 11.2 Å². The van der Waals surface area contributed by atoms with E-state index in [0.29, 0.717) is 31.0 Å². The summed E-state index contributed by atoms with van der Waals surface area (Å²) < 4.78 is 18.6. The number of nitrogens with one attached hydrogen (secondary N) is 1. The molecule has 16 heavy (non-hydrogen) atoms. The van der Waals surface area contributed by atoms with Crippen molar-refractivity contribution in [3.8, 4) is 0 Å². The molecule has 4 heteroatoms. The molecule has 1 saturated heterocycles. The maximum atomic E-state index is 13.4. The molecule has 1 aromatic rings. The number of morpholine rings is 1. The molecule has 0 spiro atoms. The average molecular weight is 222 g/mol. The Kier molecular flexibility index (Phi) is 3.51. The van der Waals surface area contributed by atoms with Crippen LogP contribution >= 0.6 is 0 Å². The molecule has 1 aliphatic heterocycles. The largest absolute Gasteiger partial charge is 0.378 e.